The third kappa shape index (κ3) is 2.64. The number of hydrogen-bond acceptors (Lipinski definition) is 3. The Morgan fingerprint density at radius 2 is 2.33 bits per heavy atom. The third-order valence-corrected chi connectivity index (χ3v) is 0.923. The van der Waals surface area contributed by atoms with Gasteiger partial charge in [-0.25, -0.2) is 14.6 Å². The van der Waals surface area contributed by atoms with Crippen LogP contribution in [-0.4, -0.2) is 53.3 Å². The Morgan fingerprint density at radius 3 is 2.56 bits per heavy atom. The molecule has 1 aliphatic rings. The summed E-state index contributed by atoms with van der Waals surface area (Å²) in [6.07, 6.45) is -0.287. The number of carboxylic acids is 1. The first-order valence-electron chi connectivity index (χ1n) is 2.32. The van der Waals surface area contributed by atoms with Crippen LogP contribution in [0.1, 0.15) is 6.42 Å². The Hall–Kier alpha value is 0.390. The van der Waals surface area contributed by atoms with Gasteiger partial charge in [-0.15, -0.1) is 0 Å². The minimum atomic E-state index is -0.956. The fraction of sp³-hybridized carbons (Fsp3) is 0.750. The van der Waals surface area contributed by atoms with Crippen LogP contribution in [-0.2, 0) is 14.6 Å². The Morgan fingerprint density at radius 1 is 1.67 bits per heavy atom. The molecule has 0 aromatic heterocycles. The topological polar surface area (TPSA) is 55.8 Å². The van der Waals surface area contributed by atoms with Gasteiger partial charge in [0.15, 0.2) is 6.10 Å². The second kappa shape index (κ2) is 4.24. The van der Waals surface area contributed by atoms with E-state index in [1.807, 2.05) is 0 Å². The van der Waals surface area contributed by atoms with Crippen LogP contribution in [0.3, 0.4) is 0 Å². The van der Waals surface area contributed by atoms with Crippen LogP contribution < -0.4 is 0 Å². The number of carbonyl (C=O) groups is 1. The van der Waals surface area contributed by atoms with E-state index in [-0.39, 0.29) is 29.6 Å². The second-order valence-corrected chi connectivity index (χ2v) is 1.53. The summed E-state index contributed by atoms with van der Waals surface area (Å²) in [5.74, 6) is -0.956. The van der Waals surface area contributed by atoms with Gasteiger partial charge < -0.3 is 5.11 Å². The summed E-state index contributed by atoms with van der Waals surface area (Å²) >= 11 is 0. The molecular weight excluding hydrogens is 135 g/mol. The molecule has 0 aromatic carbocycles. The molecule has 5 heteroatoms. The van der Waals surface area contributed by atoms with Crippen molar-refractivity contribution in [3.05, 3.63) is 0 Å². The monoisotopic (exact) mass is 142 g/mol. The Bertz CT molecular complexity index is 98.7. The van der Waals surface area contributed by atoms with Crippen LogP contribution in [0.25, 0.3) is 0 Å². The van der Waals surface area contributed by atoms with Crippen LogP contribution >= 0.6 is 0 Å². The summed E-state index contributed by atoms with van der Waals surface area (Å²) in [6.45, 7) is 0.386. The molecule has 0 amide bonds. The Kier molecular flexibility index (Phi) is 4.43. The molecule has 9 heavy (non-hydrogen) atoms. The van der Waals surface area contributed by atoms with Crippen molar-refractivity contribution in [1.29, 1.82) is 0 Å². The normalized spacial score (nSPS) is 25.1. The van der Waals surface area contributed by atoms with Gasteiger partial charge in [-0.05, 0) is 0 Å². The fourth-order valence-corrected chi connectivity index (χ4v) is 0.498. The number of aliphatic carboxylic acids is 1. The summed E-state index contributed by atoms with van der Waals surface area (Å²) in [6, 6.07) is 0. The Balaban J connectivity index is 0.000000640. The maximum atomic E-state index is 10.00. The van der Waals surface area contributed by atoms with Gasteiger partial charge in [-0.1, -0.05) is 0 Å². The van der Waals surface area contributed by atoms with Crippen molar-refractivity contribution < 1.29 is 19.7 Å². The predicted molar refractivity (Wildman–Crippen MR) is 30.2 cm³/mol. The molecule has 1 unspecified atom stereocenters. The van der Waals surface area contributed by atoms with Gasteiger partial charge in [-0.2, -0.15) is 0 Å². The van der Waals surface area contributed by atoms with Crippen molar-refractivity contribution in [1.82, 2.24) is 0 Å². The molecule has 1 N–H and O–H groups in total. The van der Waals surface area contributed by atoms with Gasteiger partial charge in [0.05, 0.1) is 6.61 Å². The first-order valence-corrected chi connectivity index (χ1v) is 2.32. The van der Waals surface area contributed by atoms with Crippen molar-refractivity contribution in [3.8, 4) is 0 Å². The van der Waals surface area contributed by atoms with Crippen molar-refractivity contribution in [2.24, 2.45) is 0 Å². The molecule has 1 aliphatic heterocycles. The predicted octanol–water partition coefficient (Wildman–Crippen LogP) is -0.857. The molecular formula is C4H7NaO4. The maximum absolute atomic E-state index is 10.00. The Labute approximate surface area is 74.4 Å². The van der Waals surface area contributed by atoms with Crippen LogP contribution in [0, 0.1) is 0 Å². The number of hydrogen-bond donors (Lipinski definition) is 1. The SMILES string of the molecule is O=C(O)C1CCOO1.[NaH]. The zero-order valence-corrected chi connectivity index (χ0v) is 4.16. The van der Waals surface area contributed by atoms with E-state index in [0.29, 0.717) is 13.0 Å². The molecule has 0 spiro atoms. The van der Waals surface area contributed by atoms with Gasteiger partial charge in [0, 0.05) is 6.42 Å². The first-order chi connectivity index (χ1) is 3.80. The van der Waals surface area contributed by atoms with Gasteiger partial charge in [-0.3, -0.25) is 0 Å². The van der Waals surface area contributed by atoms with Crippen molar-refractivity contribution in [3.63, 3.8) is 0 Å². The summed E-state index contributed by atoms with van der Waals surface area (Å²) in [5, 5.41) is 8.21. The second-order valence-electron chi connectivity index (χ2n) is 1.53. The van der Waals surface area contributed by atoms with Crippen LogP contribution in [0.2, 0.25) is 0 Å². The molecule has 4 nitrogen and oxygen atoms in total. The van der Waals surface area contributed by atoms with E-state index in [1.54, 1.807) is 0 Å². The van der Waals surface area contributed by atoms with E-state index in [9.17, 15) is 4.79 Å². The summed E-state index contributed by atoms with van der Waals surface area (Å²) < 4.78 is 0. The van der Waals surface area contributed by atoms with E-state index < -0.39 is 12.1 Å². The standard InChI is InChI=1S/C4H6O4.Na.H/c5-4(6)3-1-2-7-8-3;;/h3H,1-2H2,(H,5,6);;. The molecule has 1 rings (SSSR count). The van der Waals surface area contributed by atoms with Gasteiger partial charge >= 0.3 is 35.5 Å². The van der Waals surface area contributed by atoms with E-state index in [4.69, 9.17) is 5.11 Å². The molecule has 0 aromatic rings. The van der Waals surface area contributed by atoms with E-state index in [1.165, 1.54) is 0 Å². The quantitative estimate of drug-likeness (QED) is 0.382. The molecule has 1 atom stereocenters. The van der Waals surface area contributed by atoms with Crippen molar-refractivity contribution in [2.75, 3.05) is 6.61 Å². The molecule has 0 radical (unpaired) electrons. The molecule has 1 saturated heterocycles. The fourth-order valence-electron chi connectivity index (χ4n) is 0.498. The molecule has 0 saturated carbocycles. The summed E-state index contributed by atoms with van der Waals surface area (Å²) in [4.78, 5) is 18.6. The van der Waals surface area contributed by atoms with E-state index in [2.05, 4.69) is 9.78 Å². The van der Waals surface area contributed by atoms with Gasteiger partial charge in [0.25, 0.3) is 0 Å². The third-order valence-electron chi connectivity index (χ3n) is 0.923. The van der Waals surface area contributed by atoms with Crippen LogP contribution in [0.15, 0.2) is 0 Å². The molecule has 0 bridgehead atoms. The molecule has 1 fully saturated rings. The first kappa shape index (κ1) is 9.39. The van der Waals surface area contributed by atoms with Crippen LogP contribution in [0.4, 0.5) is 0 Å². The number of rotatable bonds is 1. The molecule has 48 valence electrons. The molecule has 0 aliphatic carbocycles. The van der Waals surface area contributed by atoms with E-state index >= 15 is 0 Å². The average molecular weight is 142 g/mol. The minimum absolute atomic E-state index is 0. The number of carboxylic acid groups (broad SMARTS) is 1. The van der Waals surface area contributed by atoms with Crippen LogP contribution in [0.5, 0.6) is 0 Å². The van der Waals surface area contributed by atoms with Gasteiger partial charge in [0.1, 0.15) is 0 Å². The molecule has 1 heterocycles. The zero-order valence-electron chi connectivity index (χ0n) is 4.16. The van der Waals surface area contributed by atoms with Crippen molar-refractivity contribution in [2.45, 2.75) is 12.5 Å². The zero-order chi connectivity index (χ0) is 5.98. The van der Waals surface area contributed by atoms with Gasteiger partial charge in [0.2, 0.25) is 0 Å². The average Bonchev–Trinajstić information content (AvgIpc) is 2.12. The van der Waals surface area contributed by atoms with E-state index in [0.717, 1.165) is 0 Å². The van der Waals surface area contributed by atoms with Crippen molar-refractivity contribution >= 4 is 35.5 Å². The summed E-state index contributed by atoms with van der Waals surface area (Å²) in [5.41, 5.74) is 0. The summed E-state index contributed by atoms with van der Waals surface area (Å²) in [7, 11) is 0.